The molecule has 64 valence electrons. The summed E-state index contributed by atoms with van der Waals surface area (Å²) in [5.74, 6) is 0.679. The zero-order valence-corrected chi connectivity index (χ0v) is 7.68. The summed E-state index contributed by atoms with van der Waals surface area (Å²) in [6, 6.07) is 0. The van der Waals surface area contributed by atoms with Crippen LogP contribution in [0.2, 0.25) is 0 Å². The Hall–Kier alpha value is -0.530. The van der Waals surface area contributed by atoms with Crippen LogP contribution in [0.1, 0.15) is 34.1 Å². The minimum Gasteiger partial charge on any atom is -0.458 e. The number of rotatable bonds is 2. The largest absolute Gasteiger partial charge is 0.458 e. The van der Waals surface area contributed by atoms with Crippen molar-refractivity contribution in [1.82, 2.24) is 0 Å². The molecule has 1 unspecified atom stereocenters. The maximum absolute atomic E-state index is 11.0. The number of carbonyl (C=O) groups is 1. The monoisotopic (exact) mass is 156 g/mol. The van der Waals surface area contributed by atoms with E-state index in [1.165, 1.54) is 0 Å². The predicted molar refractivity (Wildman–Crippen MR) is 43.1 cm³/mol. The smallest absolute Gasteiger partial charge is 0.313 e. The first-order chi connectivity index (χ1) is 4.93. The highest BCUT2D eigenvalue weighted by Crippen LogP contribution is 2.37. The van der Waals surface area contributed by atoms with Gasteiger partial charge in [0.05, 0.1) is 5.92 Å². The molecule has 1 heterocycles. The highest BCUT2D eigenvalue weighted by Gasteiger charge is 2.49. The predicted octanol–water partition coefficient (Wildman–Crippen LogP) is 1.98. The molecule has 0 aromatic heterocycles. The Kier molecular flexibility index (Phi) is 1.95. The van der Waals surface area contributed by atoms with Crippen LogP contribution in [-0.4, -0.2) is 11.6 Å². The van der Waals surface area contributed by atoms with E-state index in [-0.39, 0.29) is 17.5 Å². The van der Waals surface area contributed by atoms with Crippen LogP contribution < -0.4 is 0 Å². The highest BCUT2D eigenvalue weighted by molar-refractivity contribution is 5.79. The fourth-order valence-corrected chi connectivity index (χ4v) is 1.48. The molecule has 0 spiro atoms. The van der Waals surface area contributed by atoms with Crippen molar-refractivity contribution in [2.24, 2.45) is 11.8 Å². The Labute approximate surface area is 67.9 Å². The Morgan fingerprint density at radius 2 is 2.09 bits per heavy atom. The third kappa shape index (κ3) is 1.55. The number of ether oxygens (including phenoxy) is 1. The lowest BCUT2D eigenvalue weighted by Crippen LogP contribution is -2.53. The number of hydrogen-bond donors (Lipinski definition) is 0. The second-order valence-corrected chi connectivity index (χ2v) is 4.21. The molecule has 1 aliphatic rings. The number of esters is 1. The van der Waals surface area contributed by atoms with Gasteiger partial charge in [0.15, 0.2) is 0 Å². The molecule has 1 rings (SSSR count). The number of carbonyl (C=O) groups excluding carboxylic acids is 1. The fourth-order valence-electron chi connectivity index (χ4n) is 1.48. The van der Waals surface area contributed by atoms with Gasteiger partial charge in [0.2, 0.25) is 0 Å². The molecule has 0 N–H and O–H groups in total. The molecule has 0 amide bonds. The van der Waals surface area contributed by atoms with Gasteiger partial charge in [-0.1, -0.05) is 13.8 Å². The molecule has 0 radical (unpaired) electrons. The van der Waals surface area contributed by atoms with Crippen LogP contribution in [0.15, 0.2) is 0 Å². The lowest BCUT2D eigenvalue weighted by Gasteiger charge is -2.43. The Morgan fingerprint density at radius 1 is 1.55 bits per heavy atom. The third-order valence-electron chi connectivity index (χ3n) is 2.19. The van der Waals surface area contributed by atoms with Gasteiger partial charge < -0.3 is 4.74 Å². The van der Waals surface area contributed by atoms with Crippen LogP contribution in [0.3, 0.4) is 0 Å². The maximum atomic E-state index is 11.0. The van der Waals surface area contributed by atoms with E-state index < -0.39 is 0 Å². The normalized spacial score (nSPS) is 28.1. The van der Waals surface area contributed by atoms with Gasteiger partial charge in [0, 0.05) is 0 Å². The van der Waals surface area contributed by atoms with Gasteiger partial charge >= 0.3 is 5.97 Å². The van der Waals surface area contributed by atoms with Crippen molar-refractivity contribution in [3.05, 3.63) is 0 Å². The first-order valence-electron chi connectivity index (χ1n) is 4.16. The van der Waals surface area contributed by atoms with E-state index in [4.69, 9.17) is 4.74 Å². The highest BCUT2D eigenvalue weighted by atomic mass is 16.6. The van der Waals surface area contributed by atoms with Crippen molar-refractivity contribution in [1.29, 1.82) is 0 Å². The van der Waals surface area contributed by atoms with Crippen LogP contribution in [0, 0.1) is 11.8 Å². The lowest BCUT2D eigenvalue weighted by atomic mass is 9.79. The van der Waals surface area contributed by atoms with Gasteiger partial charge in [-0.15, -0.1) is 0 Å². The zero-order chi connectivity index (χ0) is 8.65. The molecule has 1 saturated heterocycles. The van der Waals surface area contributed by atoms with Crippen molar-refractivity contribution < 1.29 is 9.53 Å². The van der Waals surface area contributed by atoms with Gasteiger partial charge in [-0.25, -0.2) is 0 Å². The van der Waals surface area contributed by atoms with E-state index in [0.717, 1.165) is 6.42 Å². The van der Waals surface area contributed by atoms with Gasteiger partial charge in [-0.05, 0) is 26.2 Å². The van der Waals surface area contributed by atoms with Crippen molar-refractivity contribution >= 4 is 5.97 Å². The lowest BCUT2D eigenvalue weighted by molar-refractivity contribution is -0.206. The molecule has 11 heavy (non-hydrogen) atoms. The van der Waals surface area contributed by atoms with E-state index in [1.54, 1.807) is 0 Å². The molecule has 0 aliphatic carbocycles. The van der Waals surface area contributed by atoms with Crippen LogP contribution >= 0.6 is 0 Å². The quantitative estimate of drug-likeness (QED) is 0.571. The molecule has 2 nitrogen and oxygen atoms in total. The van der Waals surface area contributed by atoms with Crippen molar-refractivity contribution in [2.45, 2.75) is 39.7 Å². The SMILES string of the molecule is CC(C)CC1C(=O)OC1(C)C. The van der Waals surface area contributed by atoms with Gasteiger partial charge in [0.1, 0.15) is 5.60 Å². The van der Waals surface area contributed by atoms with Crippen LogP contribution in [0.5, 0.6) is 0 Å². The van der Waals surface area contributed by atoms with Crippen molar-refractivity contribution in [3.63, 3.8) is 0 Å². The Morgan fingerprint density at radius 3 is 2.27 bits per heavy atom. The topological polar surface area (TPSA) is 26.3 Å². The molecule has 2 heteroatoms. The summed E-state index contributed by atoms with van der Waals surface area (Å²) in [6.07, 6.45) is 0.950. The van der Waals surface area contributed by atoms with Crippen molar-refractivity contribution in [3.8, 4) is 0 Å². The molecular formula is C9H16O2. The summed E-state index contributed by atoms with van der Waals surface area (Å²) in [5.41, 5.74) is -0.207. The molecule has 0 aromatic carbocycles. The van der Waals surface area contributed by atoms with Gasteiger partial charge in [0.25, 0.3) is 0 Å². The van der Waals surface area contributed by atoms with E-state index >= 15 is 0 Å². The summed E-state index contributed by atoms with van der Waals surface area (Å²) in [5, 5.41) is 0. The average molecular weight is 156 g/mol. The molecular weight excluding hydrogens is 140 g/mol. The minimum atomic E-state index is -0.207. The number of hydrogen-bond acceptors (Lipinski definition) is 2. The summed E-state index contributed by atoms with van der Waals surface area (Å²) in [7, 11) is 0. The average Bonchev–Trinajstić information content (AvgIpc) is 1.82. The van der Waals surface area contributed by atoms with E-state index in [2.05, 4.69) is 13.8 Å². The van der Waals surface area contributed by atoms with Gasteiger partial charge in [-0.3, -0.25) is 4.79 Å². The van der Waals surface area contributed by atoms with Crippen molar-refractivity contribution in [2.75, 3.05) is 0 Å². The molecule has 0 saturated carbocycles. The van der Waals surface area contributed by atoms with Crippen LogP contribution in [0.4, 0.5) is 0 Å². The van der Waals surface area contributed by atoms with Crippen LogP contribution in [0.25, 0.3) is 0 Å². The van der Waals surface area contributed by atoms with Crippen LogP contribution in [-0.2, 0) is 9.53 Å². The Bertz CT molecular complexity index is 170. The summed E-state index contributed by atoms with van der Waals surface area (Å²) >= 11 is 0. The molecule has 1 fully saturated rings. The minimum absolute atomic E-state index is 0.0244. The fraction of sp³-hybridized carbons (Fsp3) is 0.889. The maximum Gasteiger partial charge on any atom is 0.313 e. The first kappa shape index (κ1) is 8.57. The van der Waals surface area contributed by atoms with E-state index in [9.17, 15) is 4.79 Å². The second kappa shape index (κ2) is 2.50. The summed E-state index contributed by atoms with van der Waals surface area (Å²) in [6.45, 7) is 8.20. The molecule has 0 bridgehead atoms. The van der Waals surface area contributed by atoms with E-state index in [0.29, 0.717) is 5.92 Å². The van der Waals surface area contributed by atoms with Gasteiger partial charge in [-0.2, -0.15) is 0 Å². The second-order valence-electron chi connectivity index (χ2n) is 4.21. The molecule has 0 aromatic rings. The standard InChI is InChI=1S/C9H16O2/c1-6(2)5-7-8(10)11-9(7,3)4/h6-7H,5H2,1-4H3. The number of cyclic esters (lactones) is 1. The summed E-state index contributed by atoms with van der Waals surface area (Å²) in [4.78, 5) is 11.0. The van der Waals surface area contributed by atoms with E-state index in [1.807, 2.05) is 13.8 Å². The zero-order valence-electron chi connectivity index (χ0n) is 7.68. The molecule has 1 atom stereocenters. The third-order valence-corrected chi connectivity index (χ3v) is 2.19. The summed E-state index contributed by atoms with van der Waals surface area (Å²) < 4.78 is 5.00. The first-order valence-corrected chi connectivity index (χ1v) is 4.16. The Balaban J connectivity index is 2.50. The molecule has 1 aliphatic heterocycles.